The molecule has 7 heteroatoms. The first-order chi connectivity index (χ1) is 10.1. The van der Waals surface area contributed by atoms with Crippen LogP contribution in [0.2, 0.25) is 0 Å². The fraction of sp³-hybridized carbons (Fsp3) is 0.214. The van der Waals surface area contributed by atoms with Crippen molar-refractivity contribution in [2.45, 2.75) is 6.54 Å². The molecule has 1 aromatic carbocycles. The van der Waals surface area contributed by atoms with Crippen LogP contribution in [0, 0.1) is 0 Å². The highest BCUT2D eigenvalue weighted by Crippen LogP contribution is 2.37. The molecule has 108 valence electrons. The highest BCUT2D eigenvalue weighted by molar-refractivity contribution is 7.92. The second-order valence-corrected chi connectivity index (χ2v) is 6.79. The summed E-state index contributed by atoms with van der Waals surface area (Å²) in [6.45, 7) is 0.663. The highest BCUT2D eigenvalue weighted by Gasteiger charge is 2.30. The van der Waals surface area contributed by atoms with Gasteiger partial charge < -0.3 is 9.47 Å². The van der Waals surface area contributed by atoms with Crippen molar-refractivity contribution in [2.24, 2.45) is 0 Å². The summed E-state index contributed by atoms with van der Waals surface area (Å²) >= 11 is 0. The SMILES string of the molecule is O=S1(=O)CC[n+]2cccc(-c3ccc4c(c3)OCO4)c2N1. The molecule has 4 rings (SSSR count). The van der Waals surface area contributed by atoms with Gasteiger partial charge in [0, 0.05) is 0 Å². The number of nitrogens with zero attached hydrogens (tertiary/aromatic N) is 1. The molecule has 0 spiro atoms. The minimum atomic E-state index is -3.26. The van der Waals surface area contributed by atoms with Gasteiger partial charge in [-0.15, -0.1) is 0 Å². The zero-order chi connectivity index (χ0) is 14.4. The molecule has 2 aromatic rings. The van der Waals surface area contributed by atoms with Crippen LogP contribution in [0.3, 0.4) is 0 Å². The quantitative estimate of drug-likeness (QED) is 0.802. The average Bonchev–Trinajstić information content (AvgIpc) is 2.93. The first kappa shape index (κ1) is 12.5. The average molecular weight is 305 g/mol. The molecule has 0 saturated carbocycles. The Morgan fingerprint density at radius 1 is 1.14 bits per heavy atom. The molecule has 2 aliphatic rings. The monoisotopic (exact) mass is 305 g/mol. The van der Waals surface area contributed by atoms with Crippen molar-refractivity contribution < 1.29 is 22.5 Å². The lowest BCUT2D eigenvalue weighted by Crippen LogP contribution is -2.47. The van der Waals surface area contributed by atoms with Crippen LogP contribution in [-0.2, 0) is 16.6 Å². The summed E-state index contributed by atoms with van der Waals surface area (Å²) in [6.07, 6.45) is 1.87. The summed E-state index contributed by atoms with van der Waals surface area (Å²) < 4.78 is 38.8. The van der Waals surface area contributed by atoms with Crippen LogP contribution in [-0.4, -0.2) is 21.0 Å². The van der Waals surface area contributed by atoms with E-state index in [2.05, 4.69) is 4.72 Å². The second kappa shape index (κ2) is 4.36. The van der Waals surface area contributed by atoms with Crippen molar-refractivity contribution in [1.29, 1.82) is 0 Å². The Hall–Kier alpha value is -2.28. The Labute approximate surface area is 122 Å². The van der Waals surface area contributed by atoms with Gasteiger partial charge in [-0.05, 0) is 29.8 Å². The van der Waals surface area contributed by atoms with Gasteiger partial charge in [0.1, 0.15) is 12.3 Å². The van der Waals surface area contributed by atoms with Gasteiger partial charge in [-0.25, -0.2) is 4.57 Å². The largest absolute Gasteiger partial charge is 0.454 e. The Morgan fingerprint density at radius 3 is 2.90 bits per heavy atom. The van der Waals surface area contributed by atoms with Crippen LogP contribution in [0.25, 0.3) is 11.1 Å². The number of benzene rings is 1. The van der Waals surface area contributed by atoms with E-state index in [9.17, 15) is 8.42 Å². The number of nitrogens with one attached hydrogen (secondary N) is 1. The Balaban J connectivity index is 1.86. The molecule has 21 heavy (non-hydrogen) atoms. The van der Waals surface area contributed by atoms with Crippen LogP contribution in [0.4, 0.5) is 5.82 Å². The minimum Gasteiger partial charge on any atom is -0.454 e. The van der Waals surface area contributed by atoms with E-state index in [1.807, 2.05) is 41.1 Å². The maximum atomic E-state index is 11.8. The van der Waals surface area contributed by atoms with E-state index in [0.29, 0.717) is 23.9 Å². The highest BCUT2D eigenvalue weighted by atomic mass is 32.2. The molecule has 6 nitrogen and oxygen atoms in total. The predicted molar refractivity (Wildman–Crippen MR) is 75.6 cm³/mol. The standard InChI is InChI=1S/C14H12N2O4S/c17-21(18)7-6-16-5-1-2-11(14(16)15-21)10-3-4-12-13(8-10)20-9-19-12/h1-5,8H,6-7,9H2/p+1. The lowest BCUT2D eigenvalue weighted by atomic mass is 10.1. The predicted octanol–water partition coefficient (Wildman–Crippen LogP) is 1.13. The van der Waals surface area contributed by atoms with Gasteiger partial charge in [0.05, 0.1) is 11.8 Å². The smallest absolute Gasteiger partial charge is 0.302 e. The van der Waals surface area contributed by atoms with E-state index in [-0.39, 0.29) is 12.5 Å². The molecule has 0 radical (unpaired) electrons. The summed E-state index contributed by atoms with van der Waals surface area (Å²) in [4.78, 5) is 0. The summed E-state index contributed by atoms with van der Waals surface area (Å²) in [5.74, 6) is 2.06. The molecule has 0 bridgehead atoms. The maximum Gasteiger partial charge on any atom is 0.302 e. The van der Waals surface area contributed by atoms with Gasteiger partial charge in [0.25, 0.3) is 5.82 Å². The molecule has 0 unspecified atom stereocenters. The van der Waals surface area contributed by atoms with Gasteiger partial charge in [-0.1, -0.05) is 6.07 Å². The number of rotatable bonds is 1. The molecule has 0 amide bonds. The van der Waals surface area contributed by atoms with Crippen LogP contribution < -0.4 is 18.8 Å². The van der Waals surface area contributed by atoms with E-state index < -0.39 is 10.0 Å². The molecule has 0 aliphatic carbocycles. The lowest BCUT2D eigenvalue weighted by Gasteiger charge is -2.15. The summed E-state index contributed by atoms with van der Waals surface area (Å²) in [5.41, 5.74) is 1.70. The van der Waals surface area contributed by atoms with Crippen molar-refractivity contribution in [2.75, 3.05) is 17.3 Å². The normalized spacial score (nSPS) is 17.9. The van der Waals surface area contributed by atoms with E-state index in [0.717, 1.165) is 11.1 Å². The number of pyridine rings is 1. The first-order valence-corrected chi connectivity index (χ1v) is 8.21. The summed E-state index contributed by atoms with van der Waals surface area (Å²) in [5, 5.41) is 0. The third-order valence-electron chi connectivity index (χ3n) is 3.61. The number of sulfonamides is 1. The zero-order valence-corrected chi connectivity index (χ0v) is 11.9. The molecule has 1 N–H and O–H groups in total. The van der Waals surface area contributed by atoms with Crippen LogP contribution in [0.1, 0.15) is 0 Å². The van der Waals surface area contributed by atoms with Gasteiger partial charge >= 0.3 is 10.0 Å². The minimum absolute atomic E-state index is 0.0925. The zero-order valence-electron chi connectivity index (χ0n) is 11.1. The molecular weight excluding hydrogens is 292 g/mol. The Kier molecular flexibility index (Phi) is 2.58. The van der Waals surface area contributed by atoms with Crippen LogP contribution in [0.15, 0.2) is 36.5 Å². The van der Waals surface area contributed by atoms with E-state index >= 15 is 0 Å². The van der Waals surface area contributed by atoms with Crippen molar-refractivity contribution in [3.8, 4) is 22.6 Å². The molecular formula is C14H13N2O4S+. The molecule has 0 saturated heterocycles. The van der Waals surface area contributed by atoms with Gasteiger partial charge in [-0.3, -0.25) is 0 Å². The number of hydrogen-bond donors (Lipinski definition) is 1. The molecule has 3 heterocycles. The molecule has 0 atom stereocenters. The number of aryl methyl sites for hydroxylation is 1. The third kappa shape index (κ3) is 2.09. The third-order valence-corrected chi connectivity index (χ3v) is 4.83. The van der Waals surface area contributed by atoms with Crippen molar-refractivity contribution in [3.63, 3.8) is 0 Å². The van der Waals surface area contributed by atoms with Gasteiger partial charge in [0.15, 0.2) is 11.5 Å². The molecule has 1 aromatic heterocycles. The number of fused-ring (bicyclic) bond motifs is 2. The van der Waals surface area contributed by atoms with E-state index in [4.69, 9.17) is 9.47 Å². The summed E-state index contributed by atoms with van der Waals surface area (Å²) in [7, 11) is -3.26. The maximum absolute atomic E-state index is 11.8. The van der Waals surface area contributed by atoms with E-state index in [1.165, 1.54) is 0 Å². The van der Waals surface area contributed by atoms with Crippen LogP contribution >= 0.6 is 0 Å². The topological polar surface area (TPSA) is 68.5 Å². The Morgan fingerprint density at radius 2 is 2.00 bits per heavy atom. The first-order valence-electron chi connectivity index (χ1n) is 6.55. The lowest BCUT2D eigenvalue weighted by molar-refractivity contribution is -0.679. The van der Waals surface area contributed by atoms with Crippen LogP contribution in [0.5, 0.6) is 11.5 Å². The number of ether oxygens (including phenoxy) is 2. The van der Waals surface area contributed by atoms with E-state index in [1.54, 1.807) is 0 Å². The number of hydrogen-bond acceptors (Lipinski definition) is 4. The van der Waals surface area contributed by atoms with Crippen molar-refractivity contribution in [1.82, 2.24) is 0 Å². The number of aromatic nitrogens is 1. The number of anilines is 1. The fourth-order valence-corrected chi connectivity index (χ4v) is 3.63. The van der Waals surface area contributed by atoms with Gasteiger partial charge in [0.2, 0.25) is 6.79 Å². The summed E-state index contributed by atoms with van der Waals surface area (Å²) in [6, 6.07) is 9.38. The molecule has 2 aliphatic heterocycles. The van der Waals surface area contributed by atoms with Crippen molar-refractivity contribution >= 4 is 15.8 Å². The second-order valence-electron chi connectivity index (χ2n) is 4.95. The Bertz CT molecular complexity index is 833. The molecule has 0 fully saturated rings. The fourth-order valence-electron chi connectivity index (χ4n) is 2.57. The van der Waals surface area contributed by atoms with Gasteiger partial charge in [-0.2, -0.15) is 13.1 Å². The van der Waals surface area contributed by atoms with Crippen molar-refractivity contribution in [3.05, 3.63) is 36.5 Å².